The van der Waals surface area contributed by atoms with Gasteiger partial charge in [0.05, 0.1) is 6.61 Å². The van der Waals surface area contributed by atoms with E-state index in [1.54, 1.807) is 0 Å². The lowest BCUT2D eigenvalue weighted by atomic mass is 10.2. The van der Waals surface area contributed by atoms with Crippen LogP contribution < -0.4 is 0 Å². The van der Waals surface area contributed by atoms with Crippen LogP contribution in [0.3, 0.4) is 0 Å². The lowest BCUT2D eigenvalue weighted by Crippen LogP contribution is -2.23. The SMILES string of the molecule is [CH2]CCCCN(C)CCO. The predicted molar refractivity (Wildman–Crippen MR) is 43.8 cm³/mol. The average molecular weight is 144 g/mol. The molecule has 0 atom stereocenters. The first-order valence-corrected chi connectivity index (χ1v) is 3.90. The zero-order valence-corrected chi connectivity index (χ0v) is 6.84. The topological polar surface area (TPSA) is 23.5 Å². The van der Waals surface area contributed by atoms with Gasteiger partial charge in [-0.25, -0.2) is 0 Å². The normalized spacial score (nSPS) is 10.8. The summed E-state index contributed by atoms with van der Waals surface area (Å²) in [5.74, 6) is 0. The molecule has 0 spiro atoms. The highest BCUT2D eigenvalue weighted by Gasteiger charge is 1.94. The lowest BCUT2D eigenvalue weighted by molar-refractivity contribution is 0.219. The Labute approximate surface area is 63.8 Å². The van der Waals surface area contributed by atoms with Crippen LogP contribution in [0.25, 0.3) is 0 Å². The molecule has 2 heteroatoms. The molecule has 0 bridgehead atoms. The Morgan fingerprint density at radius 1 is 1.30 bits per heavy atom. The minimum atomic E-state index is 0.265. The second-order valence-electron chi connectivity index (χ2n) is 2.59. The Kier molecular flexibility index (Phi) is 6.98. The third-order valence-corrected chi connectivity index (χ3v) is 1.52. The first-order valence-electron chi connectivity index (χ1n) is 3.90. The number of aliphatic hydroxyl groups is 1. The third-order valence-electron chi connectivity index (χ3n) is 1.52. The van der Waals surface area contributed by atoms with Crippen LogP contribution in [-0.2, 0) is 0 Å². The Morgan fingerprint density at radius 2 is 2.00 bits per heavy atom. The van der Waals surface area contributed by atoms with Crippen molar-refractivity contribution in [2.45, 2.75) is 19.3 Å². The molecule has 2 nitrogen and oxygen atoms in total. The van der Waals surface area contributed by atoms with Crippen LogP contribution in [0.1, 0.15) is 19.3 Å². The van der Waals surface area contributed by atoms with E-state index in [0.717, 1.165) is 19.5 Å². The summed E-state index contributed by atoms with van der Waals surface area (Å²) in [6.45, 7) is 5.89. The van der Waals surface area contributed by atoms with Gasteiger partial charge < -0.3 is 10.0 Å². The Balaban J connectivity index is 2.97. The summed E-state index contributed by atoms with van der Waals surface area (Å²) in [4.78, 5) is 2.13. The number of unbranched alkanes of at least 4 members (excludes halogenated alkanes) is 2. The Bertz CT molecular complexity index is 66.3. The molecule has 0 aromatic heterocycles. The molecule has 61 valence electrons. The van der Waals surface area contributed by atoms with E-state index in [0.29, 0.717) is 0 Å². The van der Waals surface area contributed by atoms with Gasteiger partial charge >= 0.3 is 0 Å². The predicted octanol–water partition coefficient (Wildman–Crippen LogP) is 0.915. The fraction of sp³-hybridized carbons (Fsp3) is 0.875. The number of rotatable bonds is 6. The van der Waals surface area contributed by atoms with Gasteiger partial charge in [0.1, 0.15) is 0 Å². The maximum atomic E-state index is 8.54. The highest BCUT2D eigenvalue weighted by molar-refractivity contribution is 4.51. The molecule has 0 amide bonds. The van der Waals surface area contributed by atoms with E-state index in [1.165, 1.54) is 12.8 Å². The zero-order chi connectivity index (χ0) is 7.82. The molecule has 0 aliphatic carbocycles. The Morgan fingerprint density at radius 3 is 2.50 bits per heavy atom. The van der Waals surface area contributed by atoms with Crippen molar-refractivity contribution in [1.82, 2.24) is 4.90 Å². The minimum absolute atomic E-state index is 0.265. The quantitative estimate of drug-likeness (QED) is 0.560. The molecule has 1 radical (unpaired) electrons. The number of likely N-dealkylation sites (N-methyl/N-ethyl adjacent to an activating group) is 1. The first-order chi connectivity index (χ1) is 4.81. The van der Waals surface area contributed by atoms with Gasteiger partial charge in [-0.15, -0.1) is 0 Å². The van der Waals surface area contributed by atoms with Crippen molar-refractivity contribution in [3.8, 4) is 0 Å². The van der Waals surface area contributed by atoms with Crippen molar-refractivity contribution in [3.05, 3.63) is 6.92 Å². The van der Waals surface area contributed by atoms with Crippen molar-refractivity contribution >= 4 is 0 Å². The highest BCUT2D eigenvalue weighted by Crippen LogP contribution is 1.94. The van der Waals surface area contributed by atoms with Gasteiger partial charge in [0.15, 0.2) is 0 Å². The molecule has 0 saturated heterocycles. The van der Waals surface area contributed by atoms with Crippen LogP contribution in [0.5, 0.6) is 0 Å². The second kappa shape index (κ2) is 7.03. The molecule has 0 aliphatic rings. The largest absolute Gasteiger partial charge is 0.395 e. The van der Waals surface area contributed by atoms with Crippen molar-refractivity contribution < 1.29 is 5.11 Å². The van der Waals surface area contributed by atoms with Crippen LogP contribution in [0, 0.1) is 6.92 Å². The molecule has 0 aromatic rings. The van der Waals surface area contributed by atoms with Gasteiger partial charge in [-0.05, 0) is 20.0 Å². The molecule has 0 unspecified atom stereocenters. The van der Waals surface area contributed by atoms with Gasteiger partial charge in [-0.1, -0.05) is 19.8 Å². The van der Waals surface area contributed by atoms with Crippen molar-refractivity contribution in [3.63, 3.8) is 0 Å². The highest BCUT2D eigenvalue weighted by atomic mass is 16.3. The van der Waals surface area contributed by atoms with Crippen molar-refractivity contribution in [1.29, 1.82) is 0 Å². The van der Waals surface area contributed by atoms with Crippen molar-refractivity contribution in [2.24, 2.45) is 0 Å². The van der Waals surface area contributed by atoms with E-state index in [-0.39, 0.29) is 6.61 Å². The summed E-state index contributed by atoms with van der Waals surface area (Å²) < 4.78 is 0. The minimum Gasteiger partial charge on any atom is -0.395 e. The summed E-state index contributed by atoms with van der Waals surface area (Å²) in [6.07, 6.45) is 3.41. The molecule has 10 heavy (non-hydrogen) atoms. The smallest absolute Gasteiger partial charge is 0.0558 e. The van der Waals surface area contributed by atoms with Crippen LogP contribution >= 0.6 is 0 Å². The van der Waals surface area contributed by atoms with E-state index in [9.17, 15) is 0 Å². The number of hydrogen-bond donors (Lipinski definition) is 1. The molecule has 0 aliphatic heterocycles. The summed E-state index contributed by atoms with van der Waals surface area (Å²) >= 11 is 0. The summed E-state index contributed by atoms with van der Waals surface area (Å²) in [5.41, 5.74) is 0. The van der Waals surface area contributed by atoms with E-state index in [1.807, 2.05) is 7.05 Å². The fourth-order valence-electron chi connectivity index (χ4n) is 0.841. The van der Waals surface area contributed by atoms with Crippen LogP contribution in [0.2, 0.25) is 0 Å². The molecular weight excluding hydrogens is 126 g/mol. The molecule has 0 aromatic carbocycles. The summed E-state index contributed by atoms with van der Waals surface area (Å²) in [6, 6.07) is 0. The van der Waals surface area contributed by atoms with Gasteiger partial charge in [-0.2, -0.15) is 0 Å². The maximum Gasteiger partial charge on any atom is 0.0558 e. The molecule has 0 saturated carbocycles. The second-order valence-corrected chi connectivity index (χ2v) is 2.59. The van der Waals surface area contributed by atoms with Crippen molar-refractivity contribution in [2.75, 3.05) is 26.7 Å². The third kappa shape index (κ3) is 6.05. The molecule has 0 fully saturated rings. The van der Waals surface area contributed by atoms with E-state index in [4.69, 9.17) is 5.11 Å². The first kappa shape index (κ1) is 9.92. The molecular formula is C8H18NO. The molecule has 1 N–H and O–H groups in total. The van der Waals surface area contributed by atoms with Crippen LogP contribution in [0.15, 0.2) is 0 Å². The summed E-state index contributed by atoms with van der Waals surface area (Å²) in [5, 5.41) is 8.54. The average Bonchev–Trinajstić information content (AvgIpc) is 1.89. The number of nitrogens with zero attached hydrogens (tertiary/aromatic N) is 1. The standard InChI is InChI=1S/C8H18NO/c1-3-4-5-6-9(2)7-8-10/h10H,1,3-8H2,2H3. The van der Waals surface area contributed by atoms with Crippen LogP contribution in [-0.4, -0.2) is 36.8 Å². The monoisotopic (exact) mass is 144 g/mol. The summed E-state index contributed by atoms with van der Waals surface area (Å²) in [7, 11) is 2.03. The van der Waals surface area contributed by atoms with Gasteiger partial charge in [0.2, 0.25) is 0 Å². The number of hydrogen-bond acceptors (Lipinski definition) is 2. The lowest BCUT2D eigenvalue weighted by Gasteiger charge is -2.13. The van der Waals surface area contributed by atoms with Gasteiger partial charge in [-0.3, -0.25) is 0 Å². The molecule has 0 heterocycles. The zero-order valence-electron chi connectivity index (χ0n) is 6.84. The maximum absolute atomic E-state index is 8.54. The number of aliphatic hydroxyl groups excluding tert-OH is 1. The fourth-order valence-corrected chi connectivity index (χ4v) is 0.841. The molecule has 0 rings (SSSR count). The van der Waals surface area contributed by atoms with Gasteiger partial charge in [0, 0.05) is 6.54 Å². The Hall–Kier alpha value is -0.0800. The van der Waals surface area contributed by atoms with Crippen LogP contribution in [0.4, 0.5) is 0 Å². The van der Waals surface area contributed by atoms with E-state index >= 15 is 0 Å². The van der Waals surface area contributed by atoms with E-state index in [2.05, 4.69) is 11.8 Å². The van der Waals surface area contributed by atoms with E-state index < -0.39 is 0 Å². The van der Waals surface area contributed by atoms with Gasteiger partial charge in [0.25, 0.3) is 0 Å².